The van der Waals surface area contributed by atoms with Crippen molar-refractivity contribution >= 4 is 11.9 Å². The smallest absolute Gasteiger partial charge is 0.326 e. The number of aromatic nitrogens is 1. The number of carboxylic acids is 1. The number of aliphatic carboxylic acids is 1. The van der Waals surface area contributed by atoms with E-state index in [0.717, 1.165) is 5.56 Å². The van der Waals surface area contributed by atoms with Crippen LogP contribution in [0.25, 0.3) is 0 Å². The van der Waals surface area contributed by atoms with E-state index in [-0.39, 0.29) is 12.0 Å². The van der Waals surface area contributed by atoms with Gasteiger partial charge in [0.1, 0.15) is 17.4 Å². The first kappa shape index (κ1) is 13.8. The summed E-state index contributed by atoms with van der Waals surface area (Å²) in [6, 6.07) is 8.11. The molecule has 0 aliphatic rings. The lowest BCUT2D eigenvalue weighted by Gasteiger charge is -2.14. The summed E-state index contributed by atoms with van der Waals surface area (Å²) in [5.74, 6) is -1.24. The highest BCUT2D eigenvalue weighted by Gasteiger charge is 2.23. The first-order valence-electron chi connectivity index (χ1n) is 6.07. The number of hydrogen-bond acceptors (Lipinski definition) is 4. The normalized spacial score (nSPS) is 11.8. The molecule has 0 spiro atoms. The Balaban J connectivity index is 2.09. The van der Waals surface area contributed by atoms with Crippen molar-refractivity contribution in [2.24, 2.45) is 0 Å². The SMILES string of the molecule is Cc1oncc1C(=O)N[C@H](Cc1ccccc1)C(=O)O. The number of rotatable bonds is 5. The quantitative estimate of drug-likeness (QED) is 0.860. The molecule has 20 heavy (non-hydrogen) atoms. The molecule has 104 valence electrons. The third-order valence-electron chi connectivity index (χ3n) is 2.88. The van der Waals surface area contributed by atoms with Crippen LogP contribution in [-0.2, 0) is 11.2 Å². The average molecular weight is 274 g/mol. The number of amides is 1. The highest BCUT2D eigenvalue weighted by atomic mass is 16.5. The van der Waals surface area contributed by atoms with E-state index in [1.165, 1.54) is 6.20 Å². The second-order valence-corrected chi connectivity index (χ2v) is 4.35. The van der Waals surface area contributed by atoms with Crippen molar-refractivity contribution in [3.8, 4) is 0 Å². The molecule has 0 aliphatic heterocycles. The molecule has 1 aromatic carbocycles. The molecule has 1 heterocycles. The number of aryl methyl sites for hydroxylation is 1. The van der Waals surface area contributed by atoms with Gasteiger partial charge in [0.2, 0.25) is 0 Å². The van der Waals surface area contributed by atoms with Crippen molar-refractivity contribution in [1.82, 2.24) is 10.5 Å². The van der Waals surface area contributed by atoms with Crippen LogP contribution in [0, 0.1) is 6.92 Å². The van der Waals surface area contributed by atoms with Gasteiger partial charge in [0.05, 0.1) is 6.20 Å². The molecule has 0 radical (unpaired) electrons. The molecule has 6 heteroatoms. The highest BCUT2D eigenvalue weighted by molar-refractivity contribution is 5.97. The monoisotopic (exact) mass is 274 g/mol. The van der Waals surface area contributed by atoms with Gasteiger partial charge in [-0.2, -0.15) is 0 Å². The van der Waals surface area contributed by atoms with Crippen LogP contribution < -0.4 is 5.32 Å². The number of carbonyl (C=O) groups is 2. The van der Waals surface area contributed by atoms with Crippen LogP contribution in [0.4, 0.5) is 0 Å². The van der Waals surface area contributed by atoms with E-state index in [9.17, 15) is 14.7 Å². The van der Waals surface area contributed by atoms with Crippen LogP contribution in [0.2, 0.25) is 0 Å². The van der Waals surface area contributed by atoms with Crippen LogP contribution in [-0.4, -0.2) is 28.2 Å². The number of carboxylic acid groups (broad SMARTS) is 1. The van der Waals surface area contributed by atoms with Gasteiger partial charge in [-0.3, -0.25) is 4.79 Å². The zero-order valence-corrected chi connectivity index (χ0v) is 10.9. The number of nitrogens with one attached hydrogen (secondary N) is 1. The minimum atomic E-state index is -1.09. The Kier molecular flexibility index (Phi) is 4.14. The third kappa shape index (κ3) is 3.23. The maximum Gasteiger partial charge on any atom is 0.326 e. The van der Waals surface area contributed by atoms with Gasteiger partial charge in [-0.25, -0.2) is 4.79 Å². The van der Waals surface area contributed by atoms with Gasteiger partial charge >= 0.3 is 5.97 Å². The second-order valence-electron chi connectivity index (χ2n) is 4.35. The lowest BCUT2D eigenvalue weighted by atomic mass is 10.1. The Morgan fingerprint density at radius 3 is 2.60 bits per heavy atom. The summed E-state index contributed by atoms with van der Waals surface area (Å²) in [7, 11) is 0. The van der Waals surface area contributed by atoms with E-state index in [0.29, 0.717) is 5.76 Å². The van der Waals surface area contributed by atoms with Crippen molar-refractivity contribution in [3.63, 3.8) is 0 Å². The molecule has 1 amide bonds. The molecule has 0 unspecified atom stereocenters. The molecular formula is C14H14N2O4. The van der Waals surface area contributed by atoms with E-state index >= 15 is 0 Å². The third-order valence-corrected chi connectivity index (χ3v) is 2.88. The fourth-order valence-electron chi connectivity index (χ4n) is 1.80. The fraction of sp³-hybridized carbons (Fsp3) is 0.214. The Morgan fingerprint density at radius 1 is 1.35 bits per heavy atom. The largest absolute Gasteiger partial charge is 0.480 e. The van der Waals surface area contributed by atoms with Crippen LogP contribution >= 0.6 is 0 Å². The molecule has 6 nitrogen and oxygen atoms in total. The number of benzene rings is 1. The molecule has 1 atom stereocenters. The molecule has 2 rings (SSSR count). The number of carbonyl (C=O) groups excluding carboxylic acids is 1. The van der Waals surface area contributed by atoms with Crippen molar-refractivity contribution in [2.45, 2.75) is 19.4 Å². The van der Waals surface area contributed by atoms with Crippen molar-refractivity contribution in [2.75, 3.05) is 0 Å². The van der Waals surface area contributed by atoms with Gasteiger partial charge < -0.3 is 14.9 Å². The van der Waals surface area contributed by atoms with E-state index < -0.39 is 17.9 Å². The maximum absolute atomic E-state index is 12.0. The highest BCUT2D eigenvalue weighted by Crippen LogP contribution is 2.08. The molecule has 2 N–H and O–H groups in total. The molecule has 0 saturated heterocycles. The zero-order chi connectivity index (χ0) is 14.5. The summed E-state index contributed by atoms with van der Waals surface area (Å²) in [4.78, 5) is 23.2. The topological polar surface area (TPSA) is 92.4 Å². The molecule has 0 aliphatic carbocycles. The standard InChI is InChI=1S/C14H14N2O4/c1-9-11(8-15-20-9)13(17)16-12(14(18)19)7-10-5-3-2-4-6-10/h2-6,8,12H,7H2,1H3,(H,16,17)(H,18,19)/t12-/m1/s1. The number of nitrogens with zero attached hydrogens (tertiary/aromatic N) is 1. The van der Waals surface area contributed by atoms with Crippen molar-refractivity contribution in [1.29, 1.82) is 0 Å². The summed E-state index contributed by atoms with van der Waals surface area (Å²) in [6.07, 6.45) is 1.48. The second kappa shape index (κ2) is 6.01. The summed E-state index contributed by atoms with van der Waals surface area (Å²) < 4.78 is 4.79. The summed E-state index contributed by atoms with van der Waals surface area (Å²) in [5.41, 5.74) is 1.08. The molecule has 2 aromatic rings. The van der Waals surface area contributed by atoms with Gasteiger partial charge in [0.25, 0.3) is 5.91 Å². The minimum Gasteiger partial charge on any atom is -0.480 e. The first-order valence-corrected chi connectivity index (χ1v) is 6.07. The minimum absolute atomic E-state index is 0.215. The molecular weight excluding hydrogens is 260 g/mol. The van der Waals surface area contributed by atoms with E-state index in [2.05, 4.69) is 10.5 Å². The number of hydrogen-bond donors (Lipinski definition) is 2. The van der Waals surface area contributed by atoms with E-state index in [1.807, 2.05) is 30.3 Å². The fourth-order valence-corrected chi connectivity index (χ4v) is 1.80. The average Bonchev–Trinajstić information content (AvgIpc) is 2.85. The summed E-state index contributed by atoms with van der Waals surface area (Å²) in [5, 5.41) is 15.2. The van der Waals surface area contributed by atoms with Crippen LogP contribution in [0.15, 0.2) is 41.1 Å². The predicted octanol–water partition coefficient (Wildman–Crippen LogP) is 1.41. The Morgan fingerprint density at radius 2 is 2.05 bits per heavy atom. The van der Waals surface area contributed by atoms with E-state index in [1.54, 1.807) is 6.92 Å². The van der Waals surface area contributed by atoms with Crippen molar-refractivity contribution in [3.05, 3.63) is 53.4 Å². The van der Waals surface area contributed by atoms with E-state index in [4.69, 9.17) is 4.52 Å². The van der Waals surface area contributed by atoms with Crippen molar-refractivity contribution < 1.29 is 19.2 Å². The Hall–Kier alpha value is -2.63. The predicted molar refractivity (Wildman–Crippen MR) is 70.3 cm³/mol. The van der Waals surface area contributed by atoms with Gasteiger partial charge in [0.15, 0.2) is 0 Å². The lowest BCUT2D eigenvalue weighted by molar-refractivity contribution is -0.139. The molecule has 0 saturated carbocycles. The first-order chi connectivity index (χ1) is 9.58. The van der Waals surface area contributed by atoms with Crippen LogP contribution in [0.1, 0.15) is 21.7 Å². The van der Waals surface area contributed by atoms with Crippen LogP contribution in [0.3, 0.4) is 0 Å². The van der Waals surface area contributed by atoms with Gasteiger partial charge in [-0.1, -0.05) is 35.5 Å². The lowest BCUT2D eigenvalue weighted by Crippen LogP contribution is -2.42. The van der Waals surface area contributed by atoms with Gasteiger partial charge in [-0.05, 0) is 12.5 Å². The summed E-state index contributed by atoms with van der Waals surface area (Å²) >= 11 is 0. The molecule has 0 bridgehead atoms. The Labute approximate surface area is 115 Å². The molecule has 0 fully saturated rings. The maximum atomic E-state index is 12.0. The van der Waals surface area contributed by atoms with Crippen LogP contribution in [0.5, 0.6) is 0 Å². The summed E-state index contributed by atoms with van der Waals surface area (Å²) in [6.45, 7) is 1.59. The zero-order valence-electron chi connectivity index (χ0n) is 10.9. The van der Waals surface area contributed by atoms with Gasteiger partial charge in [0, 0.05) is 6.42 Å². The molecule has 1 aromatic heterocycles. The van der Waals surface area contributed by atoms with Gasteiger partial charge in [-0.15, -0.1) is 0 Å². The Bertz CT molecular complexity index is 607.